The first-order valence-corrected chi connectivity index (χ1v) is 12.2. The first-order valence-electron chi connectivity index (χ1n) is 12.2. The fourth-order valence-corrected chi connectivity index (χ4v) is 5.30. The highest BCUT2D eigenvalue weighted by Gasteiger charge is 2.31. The van der Waals surface area contributed by atoms with E-state index in [-0.39, 0.29) is 11.7 Å². The number of piperidine rings is 1. The summed E-state index contributed by atoms with van der Waals surface area (Å²) >= 11 is 0. The molecule has 1 N–H and O–H groups in total. The monoisotopic (exact) mass is 501 g/mol. The summed E-state index contributed by atoms with van der Waals surface area (Å²) in [7, 11) is 4.24. The fraction of sp³-hybridized carbons (Fsp3) is 0.462. The van der Waals surface area contributed by atoms with Crippen molar-refractivity contribution in [3.05, 3.63) is 53.9 Å². The van der Waals surface area contributed by atoms with Gasteiger partial charge in [0, 0.05) is 49.4 Å². The number of aromatic nitrogens is 2. The topological polar surface area (TPSA) is 64.7 Å². The van der Waals surface area contributed by atoms with Gasteiger partial charge in [0.15, 0.2) is 0 Å². The Morgan fingerprint density at radius 2 is 1.83 bits per heavy atom. The van der Waals surface area contributed by atoms with Crippen molar-refractivity contribution in [3.63, 3.8) is 0 Å². The lowest BCUT2D eigenvalue weighted by Crippen LogP contribution is -2.37. The van der Waals surface area contributed by atoms with Gasteiger partial charge in [-0.15, -0.1) is 13.2 Å². The molecule has 0 radical (unpaired) electrons. The van der Waals surface area contributed by atoms with E-state index in [1.165, 1.54) is 29.8 Å². The van der Waals surface area contributed by atoms with Gasteiger partial charge >= 0.3 is 6.36 Å². The Kier molecular flexibility index (Phi) is 6.55. The van der Waals surface area contributed by atoms with E-state index in [1.54, 1.807) is 4.90 Å². The summed E-state index contributed by atoms with van der Waals surface area (Å²) in [6.45, 7) is 3.17. The molecule has 2 aliphatic heterocycles. The Morgan fingerprint density at radius 1 is 1.11 bits per heavy atom. The molecule has 0 spiro atoms. The maximum absolute atomic E-state index is 12.9. The van der Waals surface area contributed by atoms with Gasteiger partial charge in [-0.2, -0.15) is 0 Å². The van der Waals surface area contributed by atoms with Gasteiger partial charge in [-0.05, 0) is 75.2 Å². The molecule has 1 atom stereocenters. The number of nitrogens with zero attached hydrogens (tertiary/aromatic N) is 4. The van der Waals surface area contributed by atoms with Gasteiger partial charge in [-0.1, -0.05) is 0 Å². The third-order valence-electron chi connectivity index (χ3n) is 7.36. The van der Waals surface area contributed by atoms with Gasteiger partial charge < -0.3 is 24.4 Å². The number of likely N-dealkylation sites (N-methyl/N-ethyl adjacent to an activating group) is 1. The van der Waals surface area contributed by atoms with Crippen LogP contribution >= 0.6 is 0 Å². The second kappa shape index (κ2) is 9.65. The van der Waals surface area contributed by atoms with E-state index in [4.69, 9.17) is 0 Å². The molecule has 0 aliphatic carbocycles. The van der Waals surface area contributed by atoms with E-state index in [0.717, 1.165) is 49.1 Å². The summed E-state index contributed by atoms with van der Waals surface area (Å²) in [5.41, 5.74) is 3.59. The lowest BCUT2D eigenvalue weighted by atomic mass is 9.89. The summed E-state index contributed by atoms with van der Waals surface area (Å²) in [6.07, 6.45) is 1.97. The number of aromatic amines is 1. The van der Waals surface area contributed by atoms with E-state index in [1.807, 2.05) is 12.4 Å². The van der Waals surface area contributed by atoms with Crippen LogP contribution in [0, 0.1) is 0 Å². The first kappa shape index (κ1) is 24.4. The lowest BCUT2D eigenvalue weighted by molar-refractivity contribution is -0.274. The number of halogens is 3. The number of hydrogen-bond acceptors (Lipinski definition) is 5. The first-order chi connectivity index (χ1) is 17.2. The highest BCUT2D eigenvalue weighted by atomic mass is 19.4. The molecule has 4 heterocycles. The van der Waals surface area contributed by atoms with Gasteiger partial charge in [0.1, 0.15) is 11.4 Å². The SMILES string of the molecule is CN(C)C1CCN(c2cnc3[nH]cc(C4CCN(C(=O)c5ccc(OC(F)(F)F)cc5)CC4)c3c2)C1. The number of benzene rings is 1. The van der Waals surface area contributed by atoms with Crippen LogP contribution in [0.5, 0.6) is 5.75 Å². The number of hydrogen-bond donors (Lipinski definition) is 1. The van der Waals surface area contributed by atoms with E-state index in [0.29, 0.717) is 30.6 Å². The molecule has 1 aromatic carbocycles. The Labute approximate surface area is 207 Å². The van der Waals surface area contributed by atoms with Crippen LogP contribution in [0.4, 0.5) is 18.9 Å². The van der Waals surface area contributed by atoms with E-state index < -0.39 is 6.36 Å². The van der Waals surface area contributed by atoms with Gasteiger partial charge in [-0.25, -0.2) is 4.98 Å². The van der Waals surface area contributed by atoms with Crippen molar-refractivity contribution < 1.29 is 22.7 Å². The van der Waals surface area contributed by atoms with E-state index in [9.17, 15) is 18.0 Å². The number of carbonyl (C=O) groups excluding carboxylic acids is 1. The largest absolute Gasteiger partial charge is 0.573 e. The van der Waals surface area contributed by atoms with Gasteiger partial charge in [-0.3, -0.25) is 4.79 Å². The van der Waals surface area contributed by atoms with Crippen LogP contribution in [0.3, 0.4) is 0 Å². The highest BCUT2D eigenvalue weighted by molar-refractivity contribution is 5.94. The number of H-pyrrole nitrogens is 1. The summed E-state index contributed by atoms with van der Waals surface area (Å²) in [4.78, 5) is 27.3. The number of carbonyl (C=O) groups is 1. The number of pyridine rings is 1. The number of amides is 1. The number of likely N-dealkylation sites (tertiary alicyclic amines) is 1. The Hall–Kier alpha value is -3.27. The molecule has 1 amide bonds. The minimum atomic E-state index is -4.75. The Bertz CT molecular complexity index is 1220. The molecule has 0 bridgehead atoms. The molecule has 36 heavy (non-hydrogen) atoms. The van der Waals surface area contributed by atoms with Crippen molar-refractivity contribution in [3.8, 4) is 5.75 Å². The molecular formula is C26H30F3N5O2. The molecule has 5 rings (SSSR count). The Morgan fingerprint density at radius 3 is 2.47 bits per heavy atom. The quantitative estimate of drug-likeness (QED) is 0.553. The second-order valence-electron chi connectivity index (χ2n) is 9.82. The van der Waals surface area contributed by atoms with Crippen LogP contribution in [0.25, 0.3) is 11.0 Å². The molecule has 3 aromatic rings. The molecule has 192 valence electrons. The average Bonchev–Trinajstić information content (AvgIpc) is 3.51. The van der Waals surface area contributed by atoms with Crippen molar-refractivity contribution in [1.29, 1.82) is 0 Å². The minimum absolute atomic E-state index is 0.181. The molecule has 2 saturated heterocycles. The smallest absolute Gasteiger partial charge is 0.406 e. The maximum Gasteiger partial charge on any atom is 0.573 e. The van der Waals surface area contributed by atoms with Crippen molar-refractivity contribution in [2.24, 2.45) is 0 Å². The predicted octanol–water partition coefficient (Wildman–Crippen LogP) is 4.62. The van der Waals surface area contributed by atoms with Crippen molar-refractivity contribution >= 4 is 22.6 Å². The van der Waals surface area contributed by atoms with Crippen molar-refractivity contribution in [1.82, 2.24) is 19.8 Å². The van der Waals surface area contributed by atoms with Gasteiger partial charge in [0.2, 0.25) is 0 Å². The molecule has 2 aliphatic rings. The summed E-state index contributed by atoms with van der Waals surface area (Å²) in [6, 6.07) is 7.87. The molecule has 2 aromatic heterocycles. The number of rotatable bonds is 5. The zero-order valence-electron chi connectivity index (χ0n) is 20.4. The molecule has 7 nitrogen and oxygen atoms in total. The third kappa shape index (κ3) is 5.13. The summed E-state index contributed by atoms with van der Waals surface area (Å²) < 4.78 is 41.0. The second-order valence-corrected chi connectivity index (χ2v) is 9.82. The average molecular weight is 502 g/mol. The van der Waals surface area contributed by atoms with Gasteiger partial charge in [0.25, 0.3) is 5.91 Å². The van der Waals surface area contributed by atoms with E-state index >= 15 is 0 Å². The van der Waals surface area contributed by atoms with Crippen LogP contribution in [-0.2, 0) is 0 Å². The van der Waals surface area contributed by atoms with E-state index in [2.05, 4.69) is 44.7 Å². The minimum Gasteiger partial charge on any atom is -0.406 e. The highest BCUT2D eigenvalue weighted by Crippen LogP contribution is 2.35. The molecule has 2 fully saturated rings. The number of alkyl halides is 3. The van der Waals surface area contributed by atoms with Crippen LogP contribution < -0.4 is 9.64 Å². The van der Waals surface area contributed by atoms with Crippen molar-refractivity contribution in [2.45, 2.75) is 37.6 Å². The number of fused-ring (bicyclic) bond motifs is 1. The standard InChI is InChI=1S/C26H30F3N5O2/c1-32(2)19-9-12-34(16-19)20-13-22-23(15-31-24(22)30-14-20)17-7-10-33(11-8-17)25(35)18-3-5-21(6-4-18)36-26(27,28)29/h3-6,13-15,17,19H,7-12,16H2,1-2H3,(H,30,31). The predicted molar refractivity (Wildman–Crippen MR) is 131 cm³/mol. The summed E-state index contributed by atoms with van der Waals surface area (Å²) in [5.74, 6) is -0.217. The molecule has 10 heteroatoms. The van der Waals surface area contributed by atoms with Gasteiger partial charge in [0.05, 0.1) is 11.9 Å². The zero-order chi connectivity index (χ0) is 25.4. The van der Waals surface area contributed by atoms with Crippen molar-refractivity contribution in [2.75, 3.05) is 45.2 Å². The van der Waals surface area contributed by atoms with Crippen LogP contribution in [0.1, 0.15) is 41.1 Å². The zero-order valence-corrected chi connectivity index (χ0v) is 20.4. The third-order valence-corrected chi connectivity index (χ3v) is 7.36. The number of anilines is 1. The fourth-order valence-electron chi connectivity index (χ4n) is 5.30. The summed E-state index contributed by atoms with van der Waals surface area (Å²) in [5, 5.41) is 1.13. The number of nitrogens with one attached hydrogen (secondary N) is 1. The maximum atomic E-state index is 12.9. The molecule has 0 saturated carbocycles. The normalized spacial score (nSPS) is 19.4. The van der Waals surface area contributed by atoms with Crippen LogP contribution in [-0.4, -0.2) is 78.4 Å². The Balaban J connectivity index is 1.24. The molecule has 1 unspecified atom stereocenters. The lowest BCUT2D eigenvalue weighted by Gasteiger charge is -2.32. The molecular weight excluding hydrogens is 471 g/mol. The van der Waals surface area contributed by atoms with Crippen LogP contribution in [0.15, 0.2) is 42.7 Å². The van der Waals surface area contributed by atoms with Crippen LogP contribution in [0.2, 0.25) is 0 Å². The number of ether oxygens (including phenoxy) is 1.